The molecule has 5 rings (SSSR count). The average Bonchev–Trinajstić information content (AvgIpc) is 3.24. The fourth-order valence-corrected chi connectivity index (χ4v) is 4.02. The van der Waals surface area contributed by atoms with Gasteiger partial charge in [0.2, 0.25) is 6.23 Å². The Balaban J connectivity index is 1.61. The van der Waals surface area contributed by atoms with Gasteiger partial charge in [-0.15, -0.1) is 0 Å². The Bertz CT molecular complexity index is 1120. The first-order valence-electron chi connectivity index (χ1n) is 9.66. The van der Waals surface area contributed by atoms with E-state index in [1.165, 1.54) is 7.11 Å². The summed E-state index contributed by atoms with van der Waals surface area (Å²) in [4.78, 5) is 4.12. The monoisotopic (exact) mass is 403 g/mol. The van der Waals surface area contributed by atoms with Crippen molar-refractivity contribution in [1.82, 2.24) is 9.99 Å². The van der Waals surface area contributed by atoms with Gasteiger partial charge >= 0.3 is 0 Å². The van der Waals surface area contributed by atoms with E-state index in [0.717, 1.165) is 28.2 Å². The molecule has 2 aliphatic rings. The minimum atomic E-state index is -0.404. The average molecular weight is 403 g/mol. The molecule has 3 heterocycles. The van der Waals surface area contributed by atoms with Crippen molar-refractivity contribution in [3.05, 3.63) is 77.6 Å². The molecule has 7 heteroatoms. The third kappa shape index (κ3) is 2.90. The van der Waals surface area contributed by atoms with E-state index >= 15 is 0 Å². The fourth-order valence-electron chi connectivity index (χ4n) is 4.02. The van der Waals surface area contributed by atoms with Crippen molar-refractivity contribution in [1.29, 1.82) is 0 Å². The second kappa shape index (κ2) is 7.26. The number of aromatic hydroxyl groups is 1. The van der Waals surface area contributed by atoms with Gasteiger partial charge in [0, 0.05) is 35.5 Å². The molecule has 7 nitrogen and oxygen atoms in total. The Kier molecular flexibility index (Phi) is 4.43. The predicted octanol–water partition coefficient (Wildman–Crippen LogP) is 4.05. The molecule has 0 fully saturated rings. The zero-order chi connectivity index (χ0) is 20.7. The molecule has 0 saturated heterocycles. The van der Waals surface area contributed by atoms with E-state index in [1.807, 2.05) is 41.4 Å². The van der Waals surface area contributed by atoms with Crippen LogP contribution in [0.5, 0.6) is 23.0 Å². The SMILES string of the molecule is COc1cc(C2=NN3[C@H](C2)c2cccc(OC)c2O[C@@H]3c2ccncc2)ccc1O. The number of methoxy groups -OCH3 is 2. The Morgan fingerprint density at radius 2 is 1.83 bits per heavy atom. The number of benzene rings is 2. The van der Waals surface area contributed by atoms with Crippen LogP contribution in [0.15, 0.2) is 66.0 Å². The number of ether oxygens (including phenoxy) is 3. The molecule has 0 aliphatic carbocycles. The summed E-state index contributed by atoms with van der Waals surface area (Å²) in [6.07, 6.45) is 3.78. The fraction of sp³-hybridized carbons (Fsp3) is 0.217. The molecule has 2 atom stereocenters. The van der Waals surface area contributed by atoms with Crippen LogP contribution in [0.25, 0.3) is 0 Å². The van der Waals surface area contributed by atoms with Crippen molar-refractivity contribution < 1.29 is 19.3 Å². The van der Waals surface area contributed by atoms with E-state index in [1.54, 1.807) is 31.6 Å². The molecule has 30 heavy (non-hydrogen) atoms. The van der Waals surface area contributed by atoms with Crippen molar-refractivity contribution in [2.45, 2.75) is 18.7 Å². The van der Waals surface area contributed by atoms with Crippen LogP contribution in [0.4, 0.5) is 0 Å². The number of hydrogen-bond acceptors (Lipinski definition) is 7. The first-order chi connectivity index (χ1) is 14.7. The number of aromatic nitrogens is 1. The third-order valence-corrected chi connectivity index (χ3v) is 5.50. The number of rotatable bonds is 4. The minimum Gasteiger partial charge on any atom is -0.504 e. The van der Waals surface area contributed by atoms with E-state index in [2.05, 4.69) is 4.98 Å². The van der Waals surface area contributed by atoms with Gasteiger partial charge in [-0.05, 0) is 36.4 Å². The third-order valence-electron chi connectivity index (χ3n) is 5.50. The van der Waals surface area contributed by atoms with Crippen LogP contribution in [0, 0.1) is 0 Å². The van der Waals surface area contributed by atoms with Crippen molar-refractivity contribution in [2.24, 2.45) is 5.10 Å². The molecule has 3 aromatic rings. The van der Waals surface area contributed by atoms with Gasteiger partial charge in [-0.1, -0.05) is 12.1 Å². The lowest BCUT2D eigenvalue weighted by atomic mass is 9.95. The summed E-state index contributed by atoms with van der Waals surface area (Å²) in [5.41, 5.74) is 3.79. The highest BCUT2D eigenvalue weighted by molar-refractivity contribution is 6.02. The summed E-state index contributed by atoms with van der Waals surface area (Å²) >= 11 is 0. The van der Waals surface area contributed by atoms with E-state index in [4.69, 9.17) is 19.3 Å². The molecular formula is C23H21N3O4. The lowest BCUT2D eigenvalue weighted by Crippen LogP contribution is -2.33. The molecule has 1 aromatic heterocycles. The van der Waals surface area contributed by atoms with Gasteiger partial charge in [0.25, 0.3) is 0 Å². The predicted molar refractivity (Wildman–Crippen MR) is 111 cm³/mol. The highest BCUT2D eigenvalue weighted by Gasteiger charge is 2.42. The Labute approximate surface area is 174 Å². The minimum absolute atomic E-state index is 0.00295. The van der Waals surface area contributed by atoms with E-state index in [-0.39, 0.29) is 11.8 Å². The summed E-state index contributed by atoms with van der Waals surface area (Å²) in [5, 5.41) is 16.9. The molecular weight excluding hydrogens is 382 g/mol. The van der Waals surface area contributed by atoms with Gasteiger partial charge < -0.3 is 19.3 Å². The summed E-state index contributed by atoms with van der Waals surface area (Å²) < 4.78 is 17.2. The number of pyridine rings is 1. The maximum Gasteiger partial charge on any atom is 0.214 e. The number of phenolic OH excluding ortho intramolecular Hbond substituents is 1. The van der Waals surface area contributed by atoms with Gasteiger partial charge in [0.15, 0.2) is 23.0 Å². The van der Waals surface area contributed by atoms with E-state index < -0.39 is 6.23 Å². The number of hydrazone groups is 1. The number of phenols is 1. The van der Waals surface area contributed by atoms with Crippen LogP contribution in [0.3, 0.4) is 0 Å². The van der Waals surface area contributed by atoms with Crippen molar-refractivity contribution in [3.8, 4) is 23.0 Å². The quantitative estimate of drug-likeness (QED) is 0.708. The number of nitrogens with zero attached hydrogens (tertiary/aromatic N) is 3. The molecule has 2 aromatic carbocycles. The smallest absolute Gasteiger partial charge is 0.214 e. The molecule has 1 N–H and O–H groups in total. The molecule has 2 aliphatic heterocycles. The van der Waals surface area contributed by atoms with Gasteiger partial charge in [-0.25, -0.2) is 5.01 Å². The van der Waals surface area contributed by atoms with Crippen LogP contribution in [0.2, 0.25) is 0 Å². The first-order valence-corrected chi connectivity index (χ1v) is 9.66. The van der Waals surface area contributed by atoms with Crippen molar-refractivity contribution >= 4 is 5.71 Å². The molecule has 0 unspecified atom stereocenters. The van der Waals surface area contributed by atoms with Crippen LogP contribution in [-0.4, -0.2) is 35.0 Å². The Morgan fingerprint density at radius 1 is 1.03 bits per heavy atom. The summed E-state index contributed by atoms with van der Waals surface area (Å²) in [7, 11) is 3.18. The van der Waals surface area contributed by atoms with Crippen LogP contribution < -0.4 is 14.2 Å². The Hall–Kier alpha value is -3.74. The number of para-hydroxylation sites is 1. The van der Waals surface area contributed by atoms with Gasteiger partial charge in [-0.3, -0.25) is 4.98 Å². The lowest BCUT2D eigenvalue weighted by molar-refractivity contribution is -0.0209. The second-order valence-corrected chi connectivity index (χ2v) is 7.16. The van der Waals surface area contributed by atoms with Crippen LogP contribution in [-0.2, 0) is 0 Å². The number of hydrogen-bond donors (Lipinski definition) is 1. The Morgan fingerprint density at radius 3 is 2.60 bits per heavy atom. The van der Waals surface area contributed by atoms with Crippen molar-refractivity contribution in [2.75, 3.05) is 14.2 Å². The van der Waals surface area contributed by atoms with Gasteiger partial charge in [0.1, 0.15) is 0 Å². The molecule has 152 valence electrons. The highest BCUT2D eigenvalue weighted by Crippen LogP contribution is 2.50. The largest absolute Gasteiger partial charge is 0.504 e. The number of fused-ring (bicyclic) bond motifs is 3. The first kappa shape index (κ1) is 18.3. The van der Waals surface area contributed by atoms with Gasteiger partial charge in [-0.2, -0.15) is 5.10 Å². The highest BCUT2D eigenvalue weighted by atomic mass is 16.5. The molecule has 0 bridgehead atoms. The van der Waals surface area contributed by atoms with Gasteiger partial charge in [0.05, 0.1) is 26.0 Å². The lowest BCUT2D eigenvalue weighted by Gasteiger charge is -2.38. The summed E-state index contributed by atoms with van der Waals surface area (Å²) in [6.45, 7) is 0. The van der Waals surface area contributed by atoms with Crippen molar-refractivity contribution in [3.63, 3.8) is 0 Å². The molecule has 0 radical (unpaired) electrons. The molecule has 0 amide bonds. The summed E-state index contributed by atoms with van der Waals surface area (Å²) in [5.74, 6) is 1.96. The molecule has 0 spiro atoms. The second-order valence-electron chi connectivity index (χ2n) is 7.16. The zero-order valence-electron chi connectivity index (χ0n) is 16.6. The standard InChI is InChI=1S/C23H21N3O4/c1-28-20-5-3-4-16-18-13-17(15-6-7-19(27)21(12-15)29-2)25-26(18)23(30-22(16)20)14-8-10-24-11-9-14/h3-12,18,23,27H,13H2,1-2H3/t18-,23-/m1/s1. The van der Waals surface area contributed by atoms with E-state index in [0.29, 0.717) is 17.9 Å². The molecule has 0 saturated carbocycles. The van der Waals surface area contributed by atoms with Crippen LogP contribution in [0.1, 0.15) is 35.4 Å². The van der Waals surface area contributed by atoms with E-state index in [9.17, 15) is 5.11 Å². The maximum absolute atomic E-state index is 9.95. The summed E-state index contributed by atoms with van der Waals surface area (Å²) in [6, 6.07) is 15.1. The topological polar surface area (TPSA) is 76.4 Å². The van der Waals surface area contributed by atoms with Crippen LogP contribution >= 0.6 is 0 Å². The maximum atomic E-state index is 9.95. The normalized spacial score (nSPS) is 19.4. The zero-order valence-corrected chi connectivity index (χ0v) is 16.6.